The highest BCUT2D eigenvalue weighted by atomic mass is 19.4. The number of aromatic nitrogens is 4. The number of nitrogens with zero attached hydrogens (tertiary/aromatic N) is 6. The van der Waals surface area contributed by atoms with Crippen LogP contribution < -0.4 is 20.4 Å². The Balaban J connectivity index is 1.41. The van der Waals surface area contributed by atoms with Gasteiger partial charge in [-0.15, -0.1) is 0 Å². The first kappa shape index (κ1) is 24.8. The summed E-state index contributed by atoms with van der Waals surface area (Å²) in [7, 11) is 1.84. The van der Waals surface area contributed by atoms with Crippen LogP contribution in [0, 0.1) is 6.92 Å². The summed E-state index contributed by atoms with van der Waals surface area (Å²) in [4.78, 5) is 25.0. The summed E-state index contributed by atoms with van der Waals surface area (Å²) in [5.74, 6) is -0.201. The second kappa shape index (κ2) is 9.21. The van der Waals surface area contributed by atoms with Gasteiger partial charge in [-0.05, 0) is 50.1 Å². The monoisotopic (exact) mass is 516 g/mol. The maximum Gasteiger partial charge on any atom is 0.408 e. The van der Waals surface area contributed by atoms with Crippen molar-refractivity contribution in [1.82, 2.24) is 25.1 Å². The molecule has 196 valence electrons. The van der Waals surface area contributed by atoms with Crippen molar-refractivity contribution in [1.29, 1.82) is 0 Å². The van der Waals surface area contributed by atoms with E-state index >= 15 is 0 Å². The number of aliphatic hydroxyl groups is 1. The van der Waals surface area contributed by atoms with Crippen LogP contribution in [0.3, 0.4) is 0 Å². The van der Waals surface area contributed by atoms with Gasteiger partial charge in [0.25, 0.3) is 5.91 Å². The molecule has 1 amide bonds. The molecule has 3 aromatic rings. The number of amides is 1. The number of halogens is 3. The predicted molar refractivity (Wildman–Crippen MR) is 131 cm³/mol. The number of alkyl halides is 3. The van der Waals surface area contributed by atoms with Gasteiger partial charge in [-0.25, -0.2) is 9.97 Å². The third-order valence-corrected chi connectivity index (χ3v) is 6.69. The predicted octanol–water partition coefficient (Wildman–Crippen LogP) is 2.65. The lowest BCUT2D eigenvalue weighted by Gasteiger charge is -2.40. The van der Waals surface area contributed by atoms with Crippen LogP contribution in [0.25, 0.3) is 11.1 Å². The quantitative estimate of drug-likeness (QED) is 0.429. The van der Waals surface area contributed by atoms with Crippen LogP contribution >= 0.6 is 0 Å². The molecule has 37 heavy (non-hydrogen) atoms. The van der Waals surface area contributed by atoms with Crippen molar-refractivity contribution < 1.29 is 23.1 Å². The SMILES string of the molecule is Cc1nn(C)cc1-c1ccnc(NC(O)N2c3nc(C(=O)N[C@H](C)C(F)(F)F)ccc3N3CC[C@H]2C3)c1. The summed E-state index contributed by atoms with van der Waals surface area (Å²) in [6.45, 7) is 4.15. The lowest BCUT2D eigenvalue weighted by atomic mass is 10.1. The number of rotatable bonds is 6. The van der Waals surface area contributed by atoms with E-state index in [1.807, 2.05) is 31.6 Å². The first-order valence-electron chi connectivity index (χ1n) is 11.8. The second-order valence-corrected chi connectivity index (χ2v) is 9.32. The molecule has 1 unspecified atom stereocenters. The Labute approximate surface area is 211 Å². The molecule has 2 aliphatic heterocycles. The van der Waals surface area contributed by atoms with Gasteiger partial charge in [0, 0.05) is 38.1 Å². The standard InChI is InChI=1S/C24H27F3N8O2/c1-13-17(12-33(3)32-13)15-6-8-28-20(10-15)31-23(37)35-16-7-9-34(11-16)19-5-4-18(30-21(19)35)22(36)29-14(2)24(25,26)27/h4-6,8,10,12,14,16,23,37H,7,9,11H2,1-3H3,(H,28,31)(H,29,36)/t14-,16+,23?/m1/s1. The maximum absolute atomic E-state index is 12.9. The number of anilines is 3. The smallest absolute Gasteiger partial charge is 0.366 e. The van der Waals surface area contributed by atoms with Crippen LogP contribution in [0.1, 0.15) is 29.5 Å². The maximum atomic E-state index is 12.9. The van der Waals surface area contributed by atoms with E-state index in [2.05, 4.69) is 25.3 Å². The number of nitrogens with one attached hydrogen (secondary N) is 2. The number of carbonyl (C=O) groups is 1. The lowest BCUT2D eigenvalue weighted by molar-refractivity contribution is -0.149. The zero-order chi connectivity index (χ0) is 26.5. The highest BCUT2D eigenvalue weighted by molar-refractivity contribution is 5.94. The Morgan fingerprint density at radius 3 is 2.76 bits per heavy atom. The van der Waals surface area contributed by atoms with Crippen LogP contribution in [0.5, 0.6) is 0 Å². The molecule has 0 saturated carbocycles. The van der Waals surface area contributed by atoms with Crippen molar-refractivity contribution in [3.63, 3.8) is 0 Å². The molecule has 3 aromatic heterocycles. The van der Waals surface area contributed by atoms with Crippen molar-refractivity contribution >= 4 is 23.2 Å². The van der Waals surface area contributed by atoms with E-state index < -0.39 is 24.5 Å². The molecule has 0 spiro atoms. The van der Waals surface area contributed by atoms with E-state index in [1.165, 1.54) is 6.07 Å². The van der Waals surface area contributed by atoms with E-state index in [0.29, 0.717) is 23.9 Å². The number of fused-ring (bicyclic) bond motifs is 4. The molecule has 5 heterocycles. The summed E-state index contributed by atoms with van der Waals surface area (Å²) in [6, 6.07) is 4.56. The van der Waals surface area contributed by atoms with Gasteiger partial charge in [0.05, 0.1) is 17.4 Å². The molecule has 13 heteroatoms. The zero-order valence-electron chi connectivity index (χ0n) is 20.5. The summed E-state index contributed by atoms with van der Waals surface area (Å²) in [5.41, 5.74) is 3.19. The first-order chi connectivity index (χ1) is 17.5. The number of aryl methyl sites for hydroxylation is 2. The zero-order valence-corrected chi connectivity index (χ0v) is 20.5. The van der Waals surface area contributed by atoms with Crippen LogP contribution in [-0.2, 0) is 7.05 Å². The Bertz CT molecular complexity index is 1330. The van der Waals surface area contributed by atoms with E-state index in [-0.39, 0.29) is 11.7 Å². The minimum absolute atomic E-state index is 0.112. The average Bonchev–Trinajstić information content (AvgIpc) is 3.41. The fraction of sp³-hybridized carbons (Fsp3) is 0.417. The number of carbonyl (C=O) groups excluding carboxylic acids is 1. The third-order valence-electron chi connectivity index (χ3n) is 6.69. The highest BCUT2D eigenvalue weighted by Crippen LogP contribution is 2.40. The van der Waals surface area contributed by atoms with Crippen LogP contribution in [-0.4, -0.2) is 68.5 Å². The molecule has 1 saturated heterocycles. The molecule has 3 N–H and O–H groups in total. The molecule has 1 fully saturated rings. The lowest BCUT2D eigenvalue weighted by Crippen LogP contribution is -2.52. The fourth-order valence-corrected chi connectivity index (χ4v) is 4.79. The van der Waals surface area contributed by atoms with Crippen molar-refractivity contribution in [2.24, 2.45) is 7.05 Å². The Morgan fingerprint density at radius 2 is 2.05 bits per heavy atom. The Kier molecular flexibility index (Phi) is 6.18. The van der Waals surface area contributed by atoms with E-state index in [1.54, 1.807) is 27.9 Å². The van der Waals surface area contributed by atoms with Gasteiger partial charge in [-0.2, -0.15) is 18.3 Å². The van der Waals surface area contributed by atoms with Crippen molar-refractivity contribution in [2.45, 2.75) is 44.9 Å². The number of pyridine rings is 2. The van der Waals surface area contributed by atoms with Gasteiger partial charge in [0.1, 0.15) is 17.6 Å². The van der Waals surface area contributed by atoms with Gasteiger partial charge in [-0.3, -0.25) is 9.48 Å². The molecule has 5 rings (SSSR count). The molecular weight excluding hydrogens is 489 g/mol. The summed E-state index contributed by atoms with van der Waals surface area (Å²) in [6.07, 6.45) is -1.56. The second-order valence-electron chi connectivity index (χ2n) is 9.32. The third kappa shape index (κ3) is 4.78. The van der Waals surface area contributed by atoms with Crippen LogP contribution in [0.2, 0.25) is 0 Å². The van der Waals surface area contributed by atoms with Crippen LogP contribution in [0.15, 0.2) is 36.7 Å². The Morgan fingerprint density at radius 1 is 1.27 bits per heavy atom. The number of hydrogen-bond donors (Lipinski definition) is 3. The normalized spacial score (nSPS) is 18.4. The molecule has 0 radical (unpaired) electrons. The molecule has 10 nitrogen and oxygen atoms in total. The van der Waals surface area contributed by atoms with Gasteiger partial charge in [0.15, 0.2) is 5.82 Å². The van der Waals surface area contributed by atoms with Crippen molar-refractivity contribution in [3.8, 4) is 11.1 Å². The molecule has 2 aliphatic rings. The molecular formula is C24H27F3N8O2. The summed E-state index contributed by atoms with van der Waals surface area (Å²) in [5, 5.41) is 20.6. The van der Waals surface area contributed by atoms with Crippen molar-refractivity contribution in [2.75, 3.05) is 28.2 Å². The number of hydrogen-bond acceptors (Lipinski definition) is 8. The summed E-state index contributed by atoms with van der Waals surface area (Å²) < 4.78 is 40.5. The average molecular weight is 517 g/mol. The van der Waals surface area contributed by atoms with Gasteiger partial charge < -0.3 is 25.5 Å². The van der Waals surface area contributed by atoms with Gasteiger partial charge in [0.2, 0.25) is 6.35 Å². The highest BCUT2D eigenvalue weighted by Gasteiger charge is 2.41. The molecule has 0 aromatic carbocycles. The van der Waals surface area contributed by atoms with E-state index in [9.17, 15) is 23.1 Å². The minimum atomic E-state index is -4.57. The van der Waals surface area contributed by atoms with E-state index in [0.717, 1.165) is 36.7 Å². The Hall–Kier alpha value is -3.87. The topological polar surface area (TPSA) is 111 Å². The summed E-state index contributed by atoms with van der Waals surface area (Å²) >= 11 is 0. The largest absolute Gasteiger partial charge is 0.408 e. The van der Waals surface area contributed by atoms with E-state index in [4.69, 9.17) is 0 Å². The van der Waals surface area contributed by atoms with Crippen molar-refractivity contribution in [3.05, 3.63) is 48.0 Å². The van der Waals surface area contributed by atoms with Gasteiger partial charge >= 0.3 is 6.18 Å². The van der Waals surface area contributed by atoms with Gasteiger partial charge in [-0.1, -0.05) is 0 Å². The molecule has 3 atom stereocenters. The molecule has 2 bridgehead atoms. The minimum Gasteiger partial charge on any atom is -0.366 e. The van der Waals surface area contributed by atoms with Crippen LogP contribution in [0.4, 0.5) is 30.5 Å². The molecule has 0 aliphatic carbocycles. The number of aliphatic hydroxyl groups excluding tert-OH is 1. The fourth-order valence-electron chi connectivity index (χ4n) is 4.79. The first-order valence-corrected chi connectivity index (χ1v) is 11.8.